The predicted octanol–water partition coefficient (Wildman–Crippen LogP) is 3.20. The van der Waals surface area contributed by atoms with Crippen LogP contribution in [0.15, 0.2) is 96.0 Å². The largest absolute Gasteiger partial charge is 0.480 e. The molecule has 0 heterocycles. The van der Waals surface area contributed by atoms with Crippen LogP contribution < -0.4 is 16.8 Å². The van der Waals surface area contributed by atoms with Crippen LogP contribution >= 0.6 is 0 Å². The molecule has 0 aromatic heterocycles. The zero-order valence-corrected chi connectivity index (χ0v) is 23.5. The number of carbonyl (C=O) groups is 4. The fourth-order valence-electron chi connectivity index (χ4n) is 3.90. The van der Waals surface area contributed by atoms with E-state index in [4.69, 9.17) is 26.0 Å². The Morgan fingerprint density at radius 1 is 0.814 bits per heavy atom. The van der Waals surface area contributed by atoms with Gasteiger partial charge in [0.15, 0.2) is 0 Å². The molecular weight excluding hydrogens is 554 g/mol. The molecule has 3 amide bonds. The molecule has 0 aliphatic rings. The van der Waals surface area contributed by atoms with Crippen LogP contribution in [-0.2, 0) is 38.7 Å². The van der Waals surface area contributed by atoms with E-state index in [9.17, 15) is 19.2 Å². The molecule has 0 bridgehead atoms. The molecule has 2 atom stereocenters. The zero-order chi connectivity index (χ0) is 31.0. The molecule has 0 aliphatic carbocycles. The van der Waals surface area contributed by atoms with Gasteiger partial charge >= 0.3 is 18.2 Å². The van der Waals surface area contributed by atoms with Crippen molar-refractivity contribution in [2.24, 2.45) is 16.5 Å². The number of carboxylic acids is 1. The van der Waals surface area contributed by atoms with E-state index >= 15 is 0 Å². The van der Waals surface area contributed by atoms with Gasteiger partial charge < -0.3 is 31.4 Å². The Hall–Kier alpha value is -5.23. The molecule has 3 aromatic rings. The first-order valence-electron chi connectivity index (χ1n) is 13.6. The summed E-state index contributed by atoms with van der Waals surface area (Å²) in [5.74, 6) is -2.51. The lowest BCUT2D eigenvalue weighted by Gasteiger charge is -2.22. The quantitative estimate of drug-likeness (QED) is 0.172. The number of benzene rings is 3. The third kappa shape index (κ3) is 11.3. The highest BCUT2D eigenvalue weighted by molar-refractivity contribution is 6.01. The van der Waals surface area contributed by atoms with Gasteiger partial charge in [-0.15, -0.1) is 0 Å². The fourth-order valence-corrected chi connectivity index (χ4v) is 3.90. The number of rotatable bonds is 13. The Morgan fingerprint density at radius 2 is 1.33 bits per heavy atom. The van der Waals surface area contributed by atoms with Gasteiger partial charge in [0.25, 0.3) is 5.91 Å². The summed E-state index contributed by atoms with van der Waals surface area (Å²) in [4.78, 5) is 54.9. The van der Waals surface area contributed by atoms with Crippen LogP contribution in [0, 0.1) is 0 Å². The first-order chi connectivity index (χ1) is 20.7. The number of aliphatic imine (C=N–C) groups is 1. The number of carbonyl (C=O) groups excluding carboxylic acids is 3. The van der Waals surface area contributed by atoms with Crippen molar-refractivity contribution in [2.45, 2.75) is 44.6 Å². The minimum Gasteiger partial charge on any atom is -0.480 e. The van der Waals surface area contributed by atoms with Crippen molar-refractivity contribution in [3.05, 3.63) is 108 Å². The topological polar surface area (TPSA) is 187 Å². The average molecular weight is 590 g/mol. The summed E-state index contributed by atoms with van der Waals surface area (Å²) in [5, 5.41) is 11.6. The number of amides is 3. The molecule has 3 rings (SSSR count). The first-order valence-corrected chi connectivity index (χ1v) is 13.6. The van der Waals surface area contributed by atoms with E-state index in [2.05, 4.69) is 10.3 Å². The minimum atomic E-state index is -1.19. The lowest BCUT2D eigenvalue weighted by Crippen LogP contribution is -2.46. The SMILES string of the molecule is NC(=NC(=O)[C@@H](Cc1ccccc1)NC(=O)OCc1ccccc1)N(CCC[C@H](N)C(=O)O)C(=O)OCc1ccccc1. The summed E-state index contributed by atoms with van der Waals surface area (Å²) in [7, 11) is 0. The van der Waals surface area contributed by atoms with E-state index in [1.54, 1.807) is 60.7 Å². The molecule has 3 aromatic carbocycles. The normalized spacial score (nSPS) is 12.4. The number of nitrogens with one attached hydrogen (secondary N) is 1. The smallest absolute Gasteiger partial charge is 0.416 e. The van der Waals surface area contributed by atoms with Crippen LogP contribution in [0.5, 0.6) is 0 Å². The van der Waals surface area contributed by atoms with Crippen molar-refractivity contribution in [2.75, 3.05) is 6.54 Å². The molecule has 43 heavy (non-hydrogen) atoms. The molecule has 0 unspecified atom stereocenters. The monoisotopic (exact) mass is 589 g/mol. The predicted molar refractivity (Wildman–Crippen MR) is 159 cm³/mol. The molecule has 12 heteroatoms. The van der Waals surface area contributed by atoms with E-state index in [-0.39, 0.29) is 39.0 Å². The van der Waals surface area contributed by atoms with Gasteiger partial charge in [-0.1, -0.05) is 91.0 Å². The number of ether oxygens (including phenoxy) is 2. The number of carboxylic acid groups (broad SMARTS) is 1. The number of nitrogens with zero attached hydrogens (tertiary/aromatic N) is 2. The van der Waals surface area contributed by atoms with Crippen molar-refractivity contribution < 1.29 is 33.8 Å². The number of aliphatic carboxylic acids is 1. The first kappa shape index (κ1) is 32.3. The average Bonchev–Trinajstić information content (AvgIpc) is 3.01. The van der Waals surface area contributed by atoms with Gasteiger partial charge in [0, 0.05) is 13.0 Å². The van der Waals surface area contributed by atoms with Gasteiger partial charge in [-0.05, 0) is 29.5 Å². The van der Waals surface area contributed by atoms with E-state index in [0.717, 1.165) is 21.6 Å². The maximum absolute atomic E-state index is 13.3. The van der Waals surface area contributed by atoms with Crippen molar-refractivity contribution >= 4 is 30.0 Å². The van der Waals surface area contributed by atoms with E-state index in [0.29, 0.717) is 0 Å². The van der Waals surface area contributed by atoms with Crippen LogP contribution in [0.25, 0.3) is 0 Å². The molecule has 12 nitrogen and oxygen atoms in total. The summed E-state index contributed by atoms with van der Waals surface area (Å²) >= 11 is 0. The Bertz CT molecular complexity index is 1370. The number of guanidine groups is 1. The summed E-state index contributed by atoms with van der Waals surface area (Å²) in [5.41, 5.74) is 13.9. The number of hydrogen-bond donors (Lipinski definition) is 4. The second-order valence-corrected chi connectivity index (χ2v) is 9.54. The van der Waals surface area contributed by atoms with Crippen molar-refractivity contribution in [1.82, 2.24) is 10.2 Å². The fraction of sp³-hybridized carbons (Fsp3) is 0.258. The van der Waals surface area contributed by atoms with Crippen LogP contribution in [0.3, 0.4) is 0 Å². The molecule has 6 N–H and O–H groups in total. The van der Waals surface area contributed by atoms with Crippen molar-refractivity contribution in [1.29, 1.82) is 0 Å². The molecule has 0 saturated carbocycles. The second kappa shape index (κ2) is 16.9. The van der Waals surface area contributed by atoms with Gasteiger partial charge in [0.1, 0.15) is 25.3 Å². The number of hydrogen-bond acceptors (Lipinski definition) is 7. The molecule has 226 valence electrons. The maximum atomic E-state index is 13.3. The standard InChI is InChI=1S/C31H35N5O7/c32-25(28(38)39)17-10-18-36(31(41)43-21-24-15-8-3-9-16-24)29(33)35-27(37)26(19-22-11-4-1-5-12-22)34-30(40)42-20-23-13-6-2-7-14-23/h1-9,11-16,25-26H,10,17-21,32H2,(H,34,40)(H,38,39)(H2,33,35,37)/t25-,26+/m0/s1. The minimum absolute atomic E-state index is 0.0101. The van der Waals surface area contributed by atoms with Crippen LogP contribution in [0.1, 0.15) is 29.5 Å². The van der Waals surface area contributed by atoms with Crippen LogP contribution in [0.4, 0.5) is 9.59 Å². The summed E-state index contributed by atoms with van der Waals surface area (Å²) in [6.07, 6.45) is -1.49. The summed E-state index contributed by atoms with van der Waals surface area (Å²) in [6, 6.07) is 24.6. The molecular formula is C31H35N5O7. The molecule has 0 aliphatic heterocycles. The van der Waals surface area contributed by atoms with E-state index in [1.165, 1.54) is 0 Å². The summed E-state index contributed by atoms with van der Waals surface area (Å²) in [6.45, 7) is -0.200. The van der Waals surface area contributed by atoms with Crippen molar-refractivity contribution in [3.8, 4) is 0 Å². The molecule has 0 spiro atoms. The van der Waals surface area contributed by atoms with E-state index in [1.807, 2.05) is 30.3 Å². The second-order valence-electron chi connectivity index (χ2n) is 9.54. The van der Waals surface area contributed by atoms with Crippen LogP contribution in [0.2, 0.25) is 0 Å². The van der Waals surface area contributed by atoms with Crippen LogP contribution in [-0.4, -0.2) is 58.7 Å². The highest BCUT2D eigenvalue weighted by Gasteiger charge is 2.26. The molecule has 0 radical (unpaired) electrons. The van der Waals surface area contributed by atoms with Gasteiger partial charge in [-0.2, -0.15) is 4.99 Å². The Balaban J connectivity index is 1.75. The molecule has 0 fully saturated rings. The maximum Gasteiger partial charge on any atom is 0.416 e. The highest BCUT2D eigenvalue weighted by atomic mass is 16.6. The lowest BCUT2D eigenvalue weighted by atomic mass is 10.1. The third-order valence-electron chi connectivity index (χ3n) is 6.23. The number of alkyl carbamates (subject to hydrolysis) is 1. The number of nitrogens with two attached hydrogens (primary N) is 2. The van der Waals surface area contributed by atoms with Gasteiger partial charge in [-0.25, -0.2) is 14.5 Å². The van der Waals surface area contributed by atoms with Gasteiger partial charge in [0.2, 0.25) is 5.96 Å². The Kier molecular flexibility index (Phi) is 12.7. The van der Waals surface area contributed by atoms with E-state index < -0.39 is 42.1 Å². The zero-order valence-electron chi connectivity index (χ0n) is 23.5. The third-order valence-corrected chi connectivity index (χ3v) is 6.23. The molecule has 0 saturated heterocycles. The van der Waals surface area contributed by atoms with Gasteiger partial charge in [-0.3, -0.25) is 9.59 Å². The van der Waals surface area contributed by atoms with Gasteiger partial charge in [0.05, 0.1) is 0 Å². The lowest BCUT2D eigenvalue weighted by molar-refractivity contribution is -0.138. The Labute approximate surface area is 249 Å². The highest BCUT2D eigenvalue weighted by Crippen LogP contribution is 2.09. The van der Waals surface area contributed by atoms with Crippen molar-refractivity contribution in [3.63, 3.8) is 0 Å². The summed E-state index contributed by atoms with van der Waals surface area (Å²) < 4.78 is 10.6. The Morgan fingerprint density at radius 3 is 1.86 bits per heavy atom.